The van der Waals surface area contributed by atoms with Gasteiger partial charge in [-0.15, -0.1) is 0 Å². The molecule has 7 heteroatoms. The van der Waals surface area contributed by atoms with Crippen LogP contribution in [0, 0.1) is 28.6 Å². The maximum atomic E-state index is 11.9. The summed E-state index contributed by atoms with van der Waals surface area (Å²) in [5.41, 5.74) is 4.43. The van der Waals surface area contributed by atoms with Crippen LogP contribution in [0.15, 0.2) is 35.5 Å². The van der Waals surface area contributed by atoms with Crippen molar-refractivity contribution in [3.8, 4) is 0 Å². The summed E-state index contributed by atoms with van der Waals surface area (Å²) in [5, 5.41) is 12.2. The van der Waals surface area contributed by atoms with Crippen molar-refractivity contribution in [2.75, 3.05) is 13.2 Å². The van der Waals surface area contributed by atoms with Gasteiger partial charge in [0.25, 0.3) is 0 Å². The summed E-state index contributed by atoms with van der Waals surface area (Å²) >= 11 is 0. The van der Waals surface area contributed by atoms with Gasteiger partial charge in [-0.05, 0) is 141 Å². The van der Waals surface area contributed by atoms with Gasteiger partial charge in [-0.2, -0.15) is 0 Å². The van der Waals surface area contributed by atoms with Crippen molar-refractivity contribution in [1.82, 2.24) is 0 Å². The number of fused-ring (bicyclic) bond motifs is 1. The van der Waals surface area contributed by atoms with Crippen LogP contribution in [0.3, 0.4) is 0 Å². The molecule has 0 bridgehead atoms. The highest BCUT2D eigenvalue weighted by Gasteiger charge is 2.62. The lowest BCUT2D eigenvalue weighted by Gasteiger charge is -2.46. The van der Waals surface area contributed by atoms with Crippen LogP contribution in [0.4, 0.5) is 0 Å². The minimum absolute atomic E-state index is 0.00129. The molecule has 0 aromatic carbocycles. The standard InChI is InChI=1S/C48H86O5Si2/c1-15-16-17-18-27-48(50-31-32-51-48)47(29-30-47)28-25-42(49)36(3)40-23-24-41-37(20-19-26-46(40,41)10)21-22-38-33-39(52-54(11,12)44(4,5)6)34-43(35(38)2)53-55(13,14)45(7,8)9/h21-22,36,39-43,49H,2,15-20,23-34H2,1,3-14H3/t36-,39+,40+,41-,42-,43-,46+/m0/s1. The van der Waals surface area contributed by atoms with Crippen LogP contribution in [0.5, 0.6) is 0 Å². The molecule has 5 rings (SSSR count). The molecule has 1 saturated heterocycles. The average Bonchev–Trinajstić information content (AvgIpc) is 3.58. The van der Waals surface area contributed by atoms with Gasteiger partial charge in [-0.3, -0.25) is 0 Å². The molecule has 0 radical (unpaired) electrons. The van der Waals surface area contributed by atoms with E-state index in [1.165, 1.54) is 81.8 Å². The molecule has 0 aromatic rings. The summed E-state index contributed by atoms with van der Waals surface area (Å²) in [5.74, 6) is 0.988. The van der Waals surface area contributed by atoms with E-state index in [0.29, 0.717) is 25.0 Å². The van der Waals surface area contributed by atoms with E-state index in [9.17, 15) is 5.11 Å². The molecule has 0 aromatic heterocycles. The first-order chi connectivity index (χ1) is 25.5. The second-order valence-corrected chi connectivity index (χ2v) is 31.9. The molecule has 7 atom stereocenters. The van der Waals surface area contributed by atoms with Crippen molar-refractivity contribution >= 4 is 16.6 Å². The normalized spacial score (nSPS) is 32.6. The highest BCUT2D eigenvalue weighted by atomic mass is 28.4. The van der Waals surface area contributed by atoms with E-state index in [4.69, 9.17) is 24.9 Å². The maximum Gasteiger partial charge on any atom is 0.192 e. The van der Waals surface area contributed by atoms with E-state index >= 15 is 0 Å². The number of ether oxygens (including phenoxy) is 2. The van der Waals surface area contributed by atoms with Gasteiger partial charge in [0.2, 0.25) is 0 Å². The van der Waals surface area contributed by atoms with Crippen LogP contribution in [0.25, 0.3) is 0 Å². The molecule has 5 nitrogen and oxygen atoms in total. The predicted molar refractivity (Wildman–Crippen MR) is 236 cm³/mol. The number of hydrogen-bond donors (Lipinski definition) is 1. The lowest BCUT2D eigenvalue weighted by atomic mass is 9.60. The first-order valence-electron chi connectivity index (χ1n) is 22.9. The van der Waals surface area contributed by atoms with Gasteiger partial charge in [0.15, 0.2) is 22.4 Å². The quantitative estimate of drug-likeness (QED) is 0.124. The molecule has 4 aliphatic carbocycles. The molecular weight excluding hydrogens is 713 g/mol. The molecule has 0 amide bonds. The van der Waals surface area contributed by atoms with Crippen LogP contribution in [0.2, 0.25) is 36.3 Å². The zero-order valence-electron chi connectivity index (χ0n) is 38.1. The van der Waals surface area contributed by atoms with E-state index in [1.54, 1.807) is 5.57 Å². The van der Waals surface area contributed by atoms with Crippen LogP contribution < -0.4 is 0 Å². The highest BCUT2D eigenvalue weighted by Crippen LogP contribution is 2.63. The third kappa shape index (κ3) is 9.75. The number of rotatable bonds is 16. The van der Waals surface area contributed by atoms with Gasteiger partial charge in [-0.25, -0.2) is 0 Å². The van der Waals surface area contributed by atoms with E-state index < -0.39 is 22.4 Å². The van der Waals surface area contributed by atoms with E-state index in [1.807, 2.05) is 0 Å². The summed E-state index contributed by atoms with van der Waals surface area (Å²) in [6.07, 6.45) is 22.9. The largest absolute Gasteiger partial charge is 0.413 e. The molecule has 0 spiro atoms. The first-order valence-corrected chi connectivity index (χ1v) is 28.7. The van der Waals surface area contributed by atoms with Crippen molar-refractivity contribution in [2.24, 2.45) is 28.6 Å². The average molecular weight is 799 g/mol. The molecule has 5 fully saturated rings. The monoisotopic (exact) mass is 799 g/mol. The SMILES string of the molecule is C=C1C(=CC=C2CCC[C@]3(C)[C@@H]([C@H](C)[C@@H](O)CCC4(C5(CCCCCC)OCCO5)CC4)CC[C@@H]23)C[C@@H](O[Si](C)(C)C(C)(C)C)C[C@@H]1O[Si](C)(C)C(C)(C)C. The molecule has 1 N–H and O–H groups in total. The lowest BCUT2D eigenvalue weighted by molar-refractivity contribution is -0.215. The van der Waals surface area contributed by atoms with Gasteiger partial charge in [-0.1, -0.05) is 106 Å². The summed E-state index contributed by atoms with van der Waals surface area (Å²) in [6, 6.07) is 0. The molecule has 1 aliphatic heterocycles. The Hall–Kier alpha value is -0.546. The molecule has 316 valence electrons. The second-order valence-electron chi connectivity index (χ2n) is 22.4. The molecule has 0 unspecified atom stereocenters. The molecule has 55 heavy (non-hydrogen) atoms. The van der Waals surface area contributed by atoms with Crippen LogP contribution in [0.1, 0.15) is 165 Å². The minimum atomic E-state index is -2.01. The summed E-state index contributed by atoms with van der Waals surface area (Å²) < 4.78 is 27.2. The Bertz CT molecular complexity index is 1370. The third-order valence-electron chi connectivity index (χ3n) is 16.7. The Morgan fingerprint density at radius 3 is 2.13 bits per heavy atom. The summed E-state index contributed by atoms with van der Waals surface area (Å²) in [4.78, 5) is 0. The van der Waals surface area contributed by atoms with Crippen molar-refractivity contribution in [3.63, 3.8) is 0 Å². The molecular formula is C48H86O5Si2. The van der Waals surface area contributed by atoms with Gasteiger partial charge in [0.1, 0.15) is 0 Å². The second kappa shape index (κ2) is 17.2. The minimum Gasteiger partial charge on any atom is -0.413 e. The van der Waals surface area contributed by atoms with E-state index in [2.05, 4.69) is 101 Å². The van der Waals surface area contributed by atoms with Crippen LogP contribution in [-0.2, 0) is 18.3 Å². The van der Waals surface area contributed by atoms with Crippen molar-refractivity contribution in [3.05, 3.63) is 35.5 Å². The van der Waals surface area contributed by atoms with E-state index in [-0.39, 0.29) is 45.1 Å². The van der Waals surface area contributed by atoms with Gasteiger partial charge in [0.05, 0.1) is 31.5 Å². The smallest absolute Gasteiger partial charge is 0.192 e. The summed E-state index contributed by atoms with van der Waals surface area (Å²) in [7, 11) is -3.97. The lowest BCUT2D eigenvalue weighted by Crippen LogP contribution is -2.49. The van der Waals surface area contributed by atoms with E-state index in [0.717, 1.165) is 32.1 Å². The van der Waals surface area contributed by atoms with Gasteiger partial charge < -0.3 is 23.4 Å². The Morgan fingerprint density at radius 1 is 0.891 bits per heavy atom. The van der Waals surface area contributed by atoms with Crippen molar-refractivity contribution in [1.29, 1.82) is 0 Å². The Morgan fingerprint density at radius 2 is 1.53 bits per heavy atom. The number of aliphatic hydroxyl groups is 1. The zero-order chi connectivity index (χ0) is 40.7. The maximum absolute atomic E-state index is 11.9. The van der Waals surface area contributed by atoms with Crippen LogP contribution in [-0.4, -0.2) is 59.1 Å². The van der Waals surface area contributed by atoms with Crippen LogP contribution >= 0.6 is 0 Å². The summed E-state index contributed by atoms with van der Waals surface area (Å²) in [6.45, 7) is 36.9. The Balaban J connectivity index is 1.29. The Labute approximate surface area is 341 Å². The van der Waals surface area contributed by atoms with Gasteiger partial charge in [0, 0.05) is 18.3 Å². The first kappa shape index (κ1) is 45.5. The molecule has 4 saturated carbocycles. The van der Waals surface area contributed by atoms with Gasteiger partial charge >= 0.3 is 0 Å². The topological polar surface area (TPSA) is 57.2 Å². The van der Waals surface area contributed by atoms with Crippen molar-refractivity contribution < 1.29 is 23.4 Å². The number of hydrogen-bond acceptors (Lipinski definition) is 5. The highest BCUT2D eigenvalue weighted by molar-refractivity contribution is 6.74. The Kier molecular flexibility index (Phi) is 14.2. The number of allylic oxidation sites excluding steroid dienone is 3. The number of unbranched alkanes of at least 4 members (excludes halogenated alkanes) is 3. The fourth-order valence-electron chi connectivity index (χ4n) is 10.8. The fourth-order valence-corrected chi connectivity index (χ4v) is 13.5. The zero-order valence-corrected chi connectivity index (χ0v) is 40.1. The molecule has 5 aliphatic rings. The molecule has 1 heterocycles. The predicted octanol–water partition coefficient (Wildman–Crippen LogP) is 13.5. The fraction of sp³-hybridized carbons (Fsp3) is 0.875. The number of aliphatic hydroxyl groups excluding tert-OH is 1. The van der Waals surface area contributed by atoms with Crippen molar-refractivity contribution in [2.45, 2.75) is 225 Å². The third-order valence-corrected chi connectivity index (χ3v) is 25.7.